The summed E-state index contributed by atoms with van der Waals surface area (Å²) >= 11 is 3.44. The van der Waals surface area contributed by atoms with Crippen LogP contribution in [0.25, 0.3) is 0 Å². The van der Waals surface area contributed by atoms with Gasteiger partial charge in [0.1, 0.15) is 0 Å². The van der Waals surface area contributed by atoms with Crippen molar-refractivity contribution < 1.29 is 4.79 Å². The zero-order valence-corrected chi connectivity index (χ0v) is 15.2. The molecule has 4 heteroatoms. The highest BCUT2D eigenvalue weighted by Crippen LogP contribution is 2.14. The van der Waals surface area contributed by atoms with E-state index in [1.54, 1.807) is 0 Å². The van der Waals surface area contributed by atoms with Gasteiger partial charge in [-0.25, -0.2) is 0 Å². The molecule has 0 aliphatic rings. The van der Waals surface area contributed by atoms with E-state index < -0.39 is 0 Å². The van der Waals surface area contributed by atoms with Gasteiger partial charge >= 0.3 is 0 Å². The van der Waals surface area contributed by atoms with E-state index >= 15 is 0 Å². The van der Waals surface area contributed by atoms with Crippen molar-refractivity contribution in [3.63, 3.8) is 0 Å². The van der Waals surface area contributed by atoms with Crippen molar-refractivity contribution in [3.05, 3.63) is 70.2 Å². The van der Waals surface area contributed by atoms with Gasteiger partial charge in [0, 0.05) is 17.6 Å². The summed E-state index contributed by atoms with van der Waals surface area (Å²) in [4.78, 5) is 14.6. The molecule has 1 N–H and O–H groups in total. The van der Waals surface area contributed by atoms with Crippen LogP contribution < -0.4 is 5.32 Å². The van der Waals surface area contributed by atoms with Gasteiger partial charge in [-0.1, -0.05) is 65.3 Å². The number of nitrogens with one attached hydrogen (secondary N) is 1. The quantitative estimate of drug-likeness (QED) is 0.794. The van der Waals surface area contributed by atoms with Crippen LogP contribution in [-0.2, 0) is 17.9 Å². The summed E-state index contributed by atoms with van der Waals surface area (Å²) in [6, 6.07) is 18.1. The average Bonchev–Trinajstić information content (AvgIpc) is 2.57. The molecule has 0 aliphatic heterocycles. The molecule has 1 atom stereocenters. The van der Waals surface area contributed by atoms with E-state index in [9.17, 15) is 4.79 Å². The minimum absolute atomic E-state index is 0.0796. The lowest BCUT2D eigenvalue weighted by atomic mass is 10.1. The zero-order valence-electron chi connectivity index (χ0n) is 13.6. The summed E-state index contributed by atoms with van der Waals surface area (Å²) < 4.78 is 1.07. The number of likely N-dealkylation sites (N-methyl/N-ethyl adjacent to an activating group) is 1. The largest absolute Gasteiger partial charge is 0.351 e. The summed E-state index contributed by atoms with van der Waals surface area (Å²) in [5.74, 6) is 0.0796. The third-order valence-corrected chi connectivity index (χ3v) is 4.40. The third kappa shape index (κ3) is 5.48. The molecule has 0 saturated carbocycles. The van der Waals surface area contributed by atoms with E-state index in [2.05, 4.69) is 38.3 Å². The molecule has 0 fully saturated rings. The number of carbonyl (C=O) groups is 1. The van der Waals surface area contributed by atoms with Crippen LogP contribution in [-0.4, -0.2) is 23.9 Å². The maximum absolute atomic E-state index is 12.5. The number of carbonyl (C=O) groups excluding carboxylic acids is 1. The lowest BCUT2D eigenvalue weighted by Crippen LogP contribution is -2.44. The summed E-state index contributed by atoms with van der Waals surface area (Å²) in [5, 5.41) is 3.04. The zero-order chi connectivity index (χ0) is 16.7. The van der Waals surface area contributed by atoms with Crippen molar-refractivity contribution >= 4 is 21.8 Å². The molecule has 0 saturated heterocycles. The van der Waals surface area contributed by atoms with Crippen LogP contribution in [0.2, 0.25) is 0 Å². The Bertz CT molecular complexity index is 613. The Kier molecular flexibility index (Phi) is 6.81. The molecule has 2 rings (SSSR count). The SMILES string of the molecule is CCC(C(=O)NCc1ccccc1)N(C)Cc1ccc(Br)cc1. The minimum Gasteiger partial charge on any atom is -0.351 e. The number of halogens is 1. The first-order chi connectivity index (χ1) is 11.1. The van der Waals surface area contributed by atoms with E-state index in [0.717, 1.165) is 23.0 Å². The molecule has 1 unspecified atom stereocenters. The van der Waals surface area contributed by atoms with E-state index in [0.29, 0.717) is 6.54 Å². The van der Waals surface area contributed by atoms with E-state index in [1.807, 2.05) is 56.4 Å². The van der Waals surface area contributed by atoms with Crippen LogP contribution in [0.5, 0.6) is 0 Å². The lowest BCUT2D eigenvalue weighted by molar-refractivity contribution is -0.126. The van der Waals surface area contributed by atoms with Crippen LogP contribution in [0.4, 0.5) is 0 Å². The number of hydrogen-bond acceptors (Lipinski definition) is 2. The molecule has 0 aliphatic carbocycles. The minimum atomic E-state index is -0.123. The molecule has 122 valence electrons. The molecule has 0 heterocycles. The smallest absolute Gasteiger partial charge is 0.237 e. The van der Waals surface area contributed by atoms with Gasteiger partial charge in [-0.2, -0.15) is 0 Å². The normalized spacial score (nSPS) is 12.2. The first-order valence-electron chi connectivity index (χ1n) is 7.86. The van der Waals surface area contributed by atoms with Gasteiger partial charge in [-0.15, -0.1) is 0 Å². The Labute approximate surface area is 146 Å². The highest BCUT2D eigenvalue weighted by Gasteiger charge is 2.21. The molecule has 2 aromatic carbocycles. The molecule has 1 amide bonds. The molecule has 0 aromatic heterocycles. The number of nitrogens with zero attached hydrogens (tertiary/aromatic N) is 1. The van der Waals surface area contributed by atoms with Crippen molar-refractivity contribution in [2.75, 3.05) is 7.05 Å². The topological polar surface area (TPSA) is 32.3 Å². The first kappa shape index (κ1) is 17.7. The second-order valence-corrected chi connectivity index (χ2v) is 6.58. The van der Waals surface area contributed by atoms with E-state index in [1.165, 1.54) is 5.56 Å². The predicted molar refractivity (Wildman–Crippen MR) is 98.0 cm³/mol. The third-order valence-electron chi connectivity index (χ3n) is 3.88. The van der Waals surface area contributed by atoms with Crippen molar-refractivity contribution in [3.8, 4) is 0 Å². The fourth-order valence-corrected chi connectivity index (χ4v) is 2.85. The molecular formula is C19H23BrN2O. The predicted octanol–water partition coefficient (Wildman–Crippen LogP) is 3.98. The summed E-state index contributed by atoms with van der Waals surface area (Å²) in [6.45, 7) is 3.37. The summed E-state index contributed by atoms with van der Waals surface area (Å²) in [5.41, 5.74) is 2.32. The highest BCUT2D eigenvalue weighted by atomic mass is 79.9. The number of hydrogen-bond donors (Lipinski definition) is 1. The summed E-state index contributed by atoms with van der Waals surface area (Å²) in [6.07, 6.45) is 0.785. The van der Waals surface area contributed by atoms with Gasteiger partial charge in [0.25, 0.3) is 0 Å². The maximum Gasteiger partial charge on any atom is 0.237 e. The molecule has 2 aromatic rings. The van der Waals surface area contributed by atoms with Gasteiger partial charge in [0.2, 0.25) is 5.91 Å². The molecule has 23 heavy (non-hydrogen) atoms. The molecular weight excluding hydrogens is 352 g/mol. The van der Waals surface area contributed by atoms with Crippen molar-refractivity contribution in [1.82, 2.24) is 10.2 Å². The molecule has 0 radical (unpaired) electrons. The number of amides is 1. The summed E-state index contributed by atoms with van der Waals surface area (Å²) in [7, 11) is 2.00. The van der Waals surface area contributed by atoms with Gasteiger partial charge in [0.05, 0.1) is 6.04 Å². The second kappa shape index (κ2) is 8.85. The maximum atomic E-state index is 12.5. The Balaban J connectivity index is 1.91. The number of rotatable bonds is 7. The molecule has 3 nitrogen and oxygen atoms in total. The molecule has 0 spiro atoms. The van der Waals surface area contributed by atoms with Gasteiger partial charge in [-0.3, -0.25) is 9.69 Å². The van der Waals surface area contributed by atoms with Crippen molar-refractivity contribution in [2.24, 2.45) is 0 Å². The Morgan fingerprint density at radius 1 is 1.09 bits per heavy atom. The highest BCUT2D eigenvalue weighted by molar-refractivity contribution is 9.10. The average molecular weight is 375 g/mol. The van der Waals surface area contributed by atoms with Crippen molar-refractivity contribution in [1.29, 1.82) is 0 Å². The van der Waals surface area contributed by atoms with Crippen molar-refractivity contribution in [2.45, 2.75) is 32.5 Å². The number of benzene rings is 2. The van der Waals surface area contributed by atoms with E-state index in [-0.39, 0.29) is 11.9 Å². The Morgan fingerprint density at radius 2 is 1.74 bits per heavy atom. The van der Waals surface area contributed by atoms with Gasteiger partial charge in [0.15, 0.2) is 0 Å². The monoisotopic (exact) mass is 374 g/mol. The van der Waals surface area contributed by atoms with Crippen LogP contribution in [0, 0.1) is 0 Å². The fraction of sp³-hybridized carbons (Fsp3) is 0.316. The lowest BCUT2D eigenvalue weighted by Gasteiger charge is -2.26. The van der Waals surface area contributed by atoms with Gasteiger partial charge in [-0.05, 0) is 36.7 Å². The van der Waals surface area contributed by atoms with Crippen LogP contribution >= 0.6 is 15.9 Å². The fourth-order valence-electron chi connectivity index (χ4n) is 2.59. The van der Waals surface area contributed by atoms with Gasteiger partial charge < -0.3 is 5.32 Å². The molecule has 0 bridgehead atoms. The van der Waals surface area contributed by atoms with Crippen LogP contribution in [0.3, 0.4) is 0 Å². The van der Waals surface area contributed by atoms with E-state index in [4.69, 9.17) is 0 Å². The van der Waals surface area contributed by atoms with Crippen LogP contribution in [0.1, 0.15) is 24.5 Å². The first-order valence-corrected chi connectivity index (χ1v) is 8.65. The Hall–Kier alpha value is -1.65. The van der Waals surface area contributed by atoms with Crippen LogP contribution in [0.15, 0.2) is 59.1 Å². The second-order valence-electron chi connectivity index (χ2n) is 5.67. The Morgan fingerprint density at radius 3 is 2.35 bits per heavy atom. The standard InChI is InChI=1S/C19H23BrN2O/c1-3-18(19(23)21-13-15-7-5-4-6-8-15)22(2)14-16-9-11-17(20)12-10-16/h4-12,18H,3,13-14H2,1-2H3,(H,21,23).